The fourth-order valence-corrected chi connectivity index (χ4v) is 11.6. The molecule has 0 bridgehead atoms. The molecule has 0 saturated carbocycles. The zero-order chi connectivity index (χ0) is 51.1. The molecular weight excluding hydrogens is 945 g/mol. The number of hydrogen-bond acceptors (Lipinski definition) is 6. The van der Waals surface area contributed by atoms with Gasteiger partial charge in [0.25, 0.3) is 0 Å². The van der Waals surface area contributed by atoms with Crippen LogP contribution in [0.4, 0.5) is 39.8 Å². The lowest BCUT2D eigenvalue weighted by Gasteiger charge is -2.27. The lowest BCUT2D eigenvalue weighted by Crippen LogP contribution is -2.11. The van der Waals surface area contributed by atoms with E-state index in [-0.39, 0.29) is 0 Å². The zero-order valence-electron chi connectivity index (χ0n) is 41.1. The molecule has 77 heavy (non-hydrogen) atoms. The highest BCUT2D eigenvalue weighted by atomic mass is 16.3. The van der Waals surface area contributed by atoms with Gasteiger partial charge in [-0.25, -0.2) is 4.85 Å². The van der Waals surface area contributed by atoms with Crippen LogP contribution in [-0.4, -0.2) is 0 Å². The van der Waals surface area contributed by atoms with Gasteiger partial charge in [0.05, 0.1) is 41.0 Å². The number of anilines is 6. The molecule has 3 aromatic heterocycles. The second-order valence-corrected chi connectivity index (χ2v) is 19.3. The number of benzene rings is 12. The number of nitrogens with zero attached hydrogens (tertiary/aromatic N) is 4. The van der Waals surface area contributed by atoms with E-state index < -0.39 is 0 Å². The molecule has 0 fully saturated rings. The molecule has 3 heterocycles. The molecular formula is C70H40N4O3. The van der Waals surface area contributed by atoms with Gasteiger partial charge in [0, 0.05) is 76.4 Å². The molecule has 7 heteroatoms. The third-order valence-corrected chi connectivity index (χ3v) is 15.1. The molecule has 0 aliphatic rings. The summed E-state index contributed by atoms with van der Waals surface area (Å²) in [5.74, 6) is 0. The van der Waals surface area contributed by atoms with Crippen molar-refractivity contribution in [2.24, 2.45) is 0 Å². The molecule has 0 spiro atoms. The number of para-hydroxylation sites is 4. The van der Waals surface area contributed by atoms with Gasteiger partial charge in [0.15, 0.2) is 16.9 Å². The summed E-state index contributed by atoms with van der Waals surface area (Å²) in [5.41, 5.74) is 15.1. The third-order valence-electron chi connectivity index (χ3n) is 15.1. The zero-order valence-corrected chi connectivity index (χ0v) is 41.1. The molecule has 0 atom stereocenters. The fourth-order valence-electron chi connectivity index (χ4n) is 11.6. The quantitative estimate of drug-likeness (QED) is 0.141. The number of nitriles is 1. The van der Waals surface area contributed by atoms with Crippen LogP contribution in [0.15, 0.2) is 256 Å². The van der Waals surface area contributed by atoms with Gasteiger partial charge in [-0.1, -0.05) is 182 Å². The maximum atomic E-state index is 10.0. The standard InChI is InChI=1S/C70H40N4O3/c1-72-46-34-38-48(39-35-46)74(62-31-15-29-58-56-27-13-25-50(66(56)77-70(58)62)45-18-6-3-7-19-45)64-41-60-59-40-63(51-20-8-10-22-53(51)67(59)75-68(60)54-23-11-9-21-52(54)64)73(47-36-32-43(42-71)33-37-47)61-30-14-28-57-55-26-12-24-49(65(55)76-69(57)61)44-16-4-2-5-17-44/h2-41H. The minimum absolute atomic E-state index is 0.547. The highest BCUT2D eigenvalue weighted by Gasteiger charge is 2.28. The summed E-state index contributed by atoms with van der Waals surface area (Å²) < 4.78 is 21.5. The average Bonchev–Trinajstić information content (AvgIpc) is 4.22. The number of fused-ring (bicyclic) bond motifs is 13. The smallest absolute Gasteiger partial charge is 0.187 e. The van der Waals surface area contributed by atoms with E-state index in [1.54, 1.807) is 0 Å². The minimum Gasteiger partial charge on any atom is -0.455 e. The molecule has 0 N–H and O–H groups in total. The monoisotopic (exact) mass is 984 g/mol. The predicted octanol–water partition coefficient (Wildman–Crippen LogP) is 20.4. The summed E-state index contributed by atoms with van der Waals surface area (Å²) in [7, 11) is 0. The molecule has 0 radical (unpaired) electrons. The highest BCUT2D eigenvalue weighted by molar-refractivity contribution is 6.26. The molecule has 0 aliphatic heterocycles. The van der Waals surface area contributed by atoms with Crippen molar-refractivity contribution in [2.75, 3.05) is 9.80 Å². The van der Waals surface area contributed by atoms with Crippen LogP contribution in [-0.2, 0) is 0 Å². The Morgan fingerprint density at radius 1 is 0.325 bits per heavy atom. The van der Waals surface area contributed by atoms with E-state index in [9.17, 15) is 5.26 Å². The van der Waals surface area contributed by atoms with Crippen LogP contribution >= 0.6 is 0 Å². The summed E-state index contributed by atoms with van der Waals surface area (Å²) in [4.78, 5) is 8.29. The Hall–Kier alpha value is -10.9. The van der Waals surface area contributed by atoms with E-state index in [4.69, 9.17) is 19.8 Å². The second-order valence-electron chi connectivity index (χ2n) is 19.3. The van der Waals surface area contributed by atoms with Crippen LogP contribution in [0.1, 0.15) is 5.56 Å². The molecule has 358 valence electrons. The van der Waals surface area contributed by atoms with E-state index >= 15 is 0 Å². The van der Waals surface area contributed by atoms with E-state index in [1.165, 1.54) is 0 Å². The molecule has 0 unspecified atom stereocenters. The van der Waals surface area contributed by atoms with Crippen molar-refractivity contribution in [1.29, 1.82) is 5.26 Å². The first-order chi connectivity index (χ1) is 38.1. The molecule has 0 saturated heterocycles. The molecule has 0 aliphatic carbocycles. The number of furan rings is 3. The van der Waals surface area contributed by atoms with Crippen LogP contribution < -0.4 is 9.80 Å². The lowest BCUT2D eigenvalue weighted by molar-refractivity contribution is 0.670. The SMILES string of the molecule is [C-]#[N+]c1ccc(N(c2cc3c4cc(N(c5ccc(C#N)cc5)c5cccc6c5oc5c(-c7ccccc7)cccc56)c5ccccc5c4oc3c3ccccc23)c2cccc3c2oc2c(-c4ccccc4)cccc23)cc1. The van der Waals surface area contributed by atoms with E-state index in [0.717, 1.165) is 144 Å². The van der Waals surface area contributed by atoms with Crippen molar-refractivity contribution in [1.82, 2.24) is 0 Å². The largest absolute Gasteiger partial charge is 0.455 e. The first kappa shape index (κ1) is 43.7. The average molecular weight is 985 g/mol. The summed E-state index contributed by atoms with van der Waals surface area (Å²) in [6.07, 6.45) is 0. The van der Waals surface area contributed by atoms with E-state index in [0.29, 0.717) is 11.3 Å². The topological polar surface area (TPSA) is 74.0 Å². The molecule has 7 nitrogen and oxygen atoms in total. The molecule has 12 aromatic carbocycles. The van der Waals surface area contributed by atoms with Crippen LogP contribution in [0.25, 0.3) is 114 Å². The van der Waals surface area contributed by atoms with Gasteiger partial charge in [0.1, 0.15) is 22.3 Å². The summed E-state index contributed by atoms with van der Waals surface area (Å²) in [6, 6.07) is 85.2. The van der Waals surface area contributed by atoms with Crippen LogP contribution in [0, 0.1) is 17.9 Å². The van der Waals surface area contributed by atoms with Gasteiger partial charge in [0.2, 0.25) is 0 Å². The Balaban J connectivity index is 1.01. The van der Waals surface area contributed by atoms with Crippen molar-refractivity contribution >= 4 is 127 Å². The lowest BCUT2D eigenvalue weighted by atomic mass is 9.99. The van der Waals surface area contributed by atoms with Gasteiger partial charge < -0.3 is 23.1 Å². The van der Waals surface area contributed by atoms with Crippen molar-refractivity contribution in [3.05, 3.63) is 260 Å². The summed E-state index contributed by atoms with van der Waals surface area (Å²) >= 11 is 0. The van der Waals surface area contributed by atoms with Crippen molar-refractivity contribution in [2.45, 2.75) is 0 Å². The van der Waals surface area contributed by atoms with Crippen LogP contribution in [0.3, 0.4) is 0 Å². The van der Waals surface area contributed by atoms with Crippen molar-refractivity contribution in [3.8, 4) is 28.3 Å². The Bertz CT molecular complexity index is 4630. The molecule has 15 aromatic rings. The van der Waals surface area contributed by atoms with Crippen LogP contribution in [0.2, 0.25) is 0 Å². The van der Waals surface area contributed by atoms with Gasteiger partial charge in [-0.2, -0.15) is 5.26 Å². The van der Waals surface area contributed by atoms with Crippen molar-refractivity contribution < 1.29 is 13.3 Å². The first-order valence-electron chi connectivity index (χ1n) is 25.5. The Kier molecular flexibility index (Phi) is 9.87. The molecule has 0 amide bonds. The Morgan fingerprint density at radius 2 is 0.688 bits per heavy atom. The fraction of sp³-hybridized carbons (Fsp3) is 0. The maximum absolute atomic E-state index is 10.0. The minimum atomic E-state index is 0.547. The summed E-state index contributed by atoms with van der Waals surface area (Å²) in [5, 5.41) is 19.7. The van der Waals surface area contributed by atoms with E-state index in [1.807, 2.05) is 60.7 Å². The third kappa shape index (κ3) is 6.82. The van der Waals surface area contributed by atoms with Gasteiger partial charge >= 0.3 is 0 Å². The number of rotatable bonds is 8. The maximum Gasteiger partial charge on any atom is 0.187 e. The first-order valence-corrected chi connectivity index (χ1v) is 25.5. The predicted molar refractivity (Wildman–Crippen MR) is 315 cm³/mol. The highest BCUT2D eigenvalue weighted by Crippen LogP contribution is 2.52. The van der Waals surface area contributed by atoms with E-state index in [2.05, 4.69) is 203 Å². The molecule has 15 rings (SSSR count). The summed E-state index contributed by atoms with van der Waals surface area (Å²) in [6.45, 7) is 7.87. The second kappa shape index (κ2) is 17.4. The Labute approximate surface area is 441 Å². The van der Waals surface area contributed by atoms with Crippen molar-refractivity contribution in [3.63, 3.8) is 0 Å². The number of hydrogen-bond donors (Lipinski definition) is 0. The normalized spacial score (nSPS) is 11.6. The van der Waals surface area contributed by atoms with Gasteiger partial charge in [-0.3, -0.25) is 0 Å². The van der Waals surface area contributed by atoms with Gasteiger partial charge in [-0.05, 0) is 71.8 Å². The van der Waals surface area contributed by atoms with Gasteiger partial charge in [-0.15, -0.1) is 0 Å². The van der Waals surface area contributed by atoms with Crippen LogP contribution in [0.5, 0.6) is 0 Å². The Morgan fingerprint density at radius 3 is 1.13 bits per heavy atom.